The van der Waals surface area contributed by atoms with Gasteiger partial charge in [0.05, 0.1) is 0 Å². The molecule has 0 aromatic rings. The van der Waals surface area contributed by atoms with Gasteiger partial charge < -0.3 is 4.79 Å². The van der Waals surface area contributed by atoms with Crippen LogP contribution in [0.5, 0.6) is 0 Å². The summed E-state index contributed by atoms with van der Waals surface area (Å²) in [5.74, 6) is 3.18. The van der Waals surface area contributed by atoms with E-state index in [1.165, 1.54) is 0 Å². The minimum Gasteiger partial charge on any atom is -0.303 e. The molecular weight excluding hydrogens is 164 g/mol. The predicted molar refractivity (Wildman–Crippen MR) is 55.6 cm³/mol. The molecule has 0 saturated carbocycles. The molecule has 2 heteroatoms. The van der Waals surface area contributed by atoms with E-state index in [-0.39, 0.29) is 5.41 Å². The molecule has 0 rings (SSSR count). The fourth-order valence-corrected chi connectivity index (χ4v) is 1.33. The molecule has 0 atom stereocenters. The molecule has 0 spiro atoms. The summed E-state index contributed by atoms with van der Waals surface area (Å²) in [5.41, 5.74) is 3.14. The highest BCUT2D eigenvalue weighted by Gasteiger charge is 2.15. The van der Waals surface area contributed by atoms with Crippen molar-refractivity contribution in [3.63, 3.8) is 0 Å². The van der Waals surface area contributed by atoms with E-state index in [2.05, 4.69) is 31.1 Å². The quantitative estimate of drug-likeness (QED) is 0.364. The maximum absolute atomic E-state index is 10.3. The van der Waals surface area contributed by atoms with Gasteiger partial charge in [-0.15, -0.1) is 11.5 Å². The summed E-state index contributed by atoms with van der Waals surface area (Å²) in [5, 5.41) is 0. The Kier molecular flexibility index (Phi) is 3.73. The Morgan fingerprint density at radius 3 is 2.17 bits per heavy atom. The lowest BCUT2D eigenvalue weighted by Gasteiger charge is -2.14. The van der Waals surface area contributed by atoms with Crippen LogP contribution in [-0.2, 0) is 4.79 Å². The largest absolute Gasteiger partial charge is 0.303 e. The summed E-state index contributed by atoms with van der Waals surface area (Å²) in [6, 6.07) is 0. The van der Waals surface area contributed by atoms with Crippen molar-refractivity contribution in [2.45, 2.75) is 39.9 Å². The second-order valence-electron chi connectivity index (χ2n) is 4.75. The molecule has 0 aliphatic rings. The third-order valence-corrected chi connectivity index (χ3v) is 2.24. The lowest BCUT2D eigenvalue weighted by atomic mass is 9.92. The van der Waals surface area contributed by atoms with E-state index in [0.717, 1.165) is 6.29 Å². The summed E-state index contributed by atoms with van der Waals surface area (Å²) in [6.45, 7) is 10.6. The smallest absolute Gasteiger partial charge is 0.129 e. The van der Waals surface area contributed by atoms with Gasteiger partial charge in [0.2, 0.25) is 0 Å². The maximum Gasteiger partial charge on any atom is 0.129 e. The average Bonchev–Trinajstić information content (AvgIpc) is 1.83. The highest BCUT2D eigenvalue weighted by molar-refractivity contribution is 6.83. The van der Waals surface area contributed by atoms with Crippen molar-refractivity contribution in [2.24, 2.45) is 5.41 Å². The first kappa shape index (κ1) is 11.4. The van der Waals surface area contributed by atoms with Gasteiger partial charge in [0.25, 0.3) is 0 Å². The Bertz CT molecular complexity index is 212. The standard InChI is InChI=1S/C10H18OSi/c1-10(2,6-8-11)7-9-12(3,4)5/h8H,6H2,1-5H3. The molecule has 68 valence electrons. The molecule has 0 fully saturated rings. The topological polar surface area (TPSA) is 17.1 Å². The Hall–Kier alpha value is -0.553. The van der Waals surface area contributed by atoms with Crippen LogP contribution in [0.3, 0.4) is 0 Å². The van der Waals surface area contributed by atoms with Gasteiger partial charge in [-0.1, -0.05) is 19.6 Å². The van der Waals surface area contributed by atoms with Gasteiger partial charge >= 0.3 is 0 Å². The van der Waals surface area contributed by atoms with Crippen LogP contribution in [0, 0.1) is 16.9 Å². The molecule has 0 aliphatic carbocycles. The van der Waals surface area contributed by atoms with Crippen LogP contribution < -0.4 is 0 Å². The van der Waals surface area contributed by atoms with Gasteiger partial charge in [-0.2, -0.15) is 0 Å². The highest BCUT2D eigenvalue weighted by Crippen LogP contribution is 2.17. The molecule has 12 heavy (non-hydrogen) atoms. The number of rotatable bonds is 2. The Morgan fingerprint density at radius 1 is 1.33 bits per heavy atom. The van der Waals surface area contributed by atoms with Crippen molar-refractivity contribution >= 4 is 14.4 Å². The van der Waals surface area contributed by atoms with Crippen LogP contribution in [-0.4, -0.2) is 14.4 Å². The first-order valence-electron chi connectivity index (χ1n) is 4.25. The number of carbonyl (C=O) groups is 1. The van der Waals surface area contributed by atoms with Crippen LogP contribution in [0.25, 0.3) is 0 Å². The number of aldehydes is 1. The Morgan fingerprint density at radius 2 is 1.83 bits per heavy atom. The molecule has 1 nitrogen and oxygen atoms in total. The molecule has 0 N–H and O–H groups in total. The van der Waals surface area contributed by atoms with Gasteiger partial charge in [0, 0.05) is 11.8 Å². The molecule has 0 unspecified atom stereocenters. The minimum absolute atomic E-state index is 0.137. The van der Waals surface area contributed by atoms with Gasteiger partial charge in [0.1, 0.15) is 14.4 Å². The van der Waals surface area contributed by atoms with E-state index in [1.54, 1.807) is 0 Å². The second kappa shape index (κ2) is 3.91. The van der Waals surface area contributed by atoms with Crippen molar-refractivity contribution in [3.8, 4) is 11.5 Å². The molecule has 0 amide bonds. The summed E-state index contributed by atoms with van der Waals surface area (Å²) in [6.07, 6.45) is 1.48. The minimum atomic E-state index is -1.27. The lowest BCUT2D eigenvalue weighted by molar-refractivity contribution is -0.108. The van der Waals surface area contributed by atoms with Crippen molar-refractivity contribution in [1.29, 1.82) is 0 Å². The third-order valence-electron chi connectivity index (χ3n) is 1.37. The van der Waals surface area contributed by atoms with Crippen LogP contribution in [0.1, 0.15) is 20.3 Å². The van der Waals surface area contributed by atoms with E-state index >= 15 is 0 Å². The zero-order valence-corrected chi connectivity index (χ0v) is 9.69. The molecule has 0 aliphatic heterocycles. The zero-order valence-electron chi connectivity index (χ0n) is 8.69. The molecular formula is C10H18OSi. The molecule has 0 aromatic heterocycles. The summed E-state index contributed by atoms with van der Waals surface area (Å²) < 4.78 is 0. The number of hydrogen-bond donors (Lipinski definition) is 0. The molecule has 0 heterocycles. The second-order valence-corrected chi connectivity index (χ2v) is 9.50. The van der Waals surface area contributed by atoms with E-state index in [4.69, 9.17) is 0 Å². The Balaban J connectivity index is 4.37. The lowest BCUT2D eigenvalue weighted by Crippen LogP contribution is -2.19. The van der Waals surface area contributed by atoms with Crippen molar-refractivity contribution in [3.05, 3.63) is 0 Å². The molecule has 0 saturated heterocycles. The van der Waals surface area contributed by atoms with Crippen LogP contribution >= 0.6 is 0 Å². The SMILES string of the molecule is CC(C)(C#C[Si](C)(C)C)CC=O. The third kappa shape index (κ3) is 6.18. The fourth-order valence-electron chi connectivity index (χ4n) is 0.616. The first-order valence-corrected chi connectivity index (χ1v) is 7.75. The summed E-state index contributed by atoms with van der Waals surface area (Å²) in [4.78, 5) is 10.3. The molecule has 0 aromatic carbocycles. The zero-order chi connectivity index (χ0) is 9.83. The van der Waals surface area contributed by atoms with Crippen molar-refractivity contribution < 1.29 is 4.79 Å². The van der Waals surface area contributed by atoms with E-state index < -0.39 is 8.07 Å². The van der Waals surface area contributed by atoms with Crippen LogP contribution in [0.2, 0.25) is 19.6 Å². The summed E-state index contributed by atoms with van der Waals surface area (Å²) in [7, 11) is -1.27. The highest BCUT2D eigenvalue weighted by atomic mass is 28.3. The van der Waals surface area contributed by atoms with E-state index in [9.17, 15) is 4.79 Å². The normalized spacial score (nSPS) is 11.8. The average molecular weight is 182 g/mol. The monoisotopic (exact) mass is 182 g/mol. The van der Waals surface area contributed by atoms with Gasteiger partial charge in [-0.05, 0) is 13.8 Å². The van der Waals surface area contributed by atoms with Crippen molar-refractivity contribution in [2.75, 3.05) is 0 Å². The van der Waals surface area contributed by atoms with Gasteiger partial charge in [0.15, 0.2) is 0 Å². The molecule has 0 radical (unpaired) electrons. The summed E-state index contributed by atoms with van der Waals surface area (Å²) >= 11 is 0. The van der Waals surface area contributed by atoms with Crippen LogP contribution in [0.15, 0.2) is 0 Å². The predicted octanol–water partition coefficient (Wildman–Crippen LogP) is 2.48. The fraction of sp³-hybridized carbons (Fsp3) is 0.700. The van der Waals surface area contributed by atoms with Crippen molar-refractivity contribution in [1.82, 2.24) is 0 Å². The van der Waals surface area contributed by atoms with E-state index in [1.807, 2.05) is 13.8 Å². The van der Waals surface area contributed by atoms with Crippen LogP contribution in [0.4, 0.5) is 0 Å². The van der Waals surface area contributed by atoms with Gasteiger partial charge in [-0.25, -0.2) is 0 Å². The number of carbonyl (C=O) groups excluding carboxylic acids is 1. The first-order chi connectivity index (χ1) is 5.27. The number of hydrogen-bond acceptors (Lipinski definition) is 1. The molecule has 0 bridgehead atoms. The van der Waals surface area contributed by atoms with Gasteiger partial charge in [-0.3, -0.25) is 0 Å². The van der Waals surface area contributed by atoms with E-state index in [0.29, 0.717) is 6.42 Å². The Labute approximate surface area is 76.6 Å². The maximum atomic E-state index is 10.3.